The van der Waals surface area contributed by atoms with Crippen LogP contribution in [0, 0.1) is 22.7 Å². The Labute approximate surface area is 190 Å². The lowest BCUT2D eigenvalue weighted by Crippen LogP contribution is -2.74. The van der Waals surface area contributed by atoms with Gasteiger partial charge in [-0.3, -0.25) is 4.79 Å². The average molecular weight is 444 g/mol. The predicted octanol–water partition coefficient (Wildman–Crippen LogP) is 9.04. The summed E-state index contributed by atoms with van der Waals surface area (Å²) in [5.74, 6) is 2.01. The molecule has 0 unspecified atom stereocenters. The molecule has 0 aromatic heterocycles. The van der Waals surface area contributed by atoms with Crippen LogP contribution < -0.4 is 0 Å². The van der Waals surface area contributed by atoms with Crippen molar-refractivity contribution in [2.75, 3.05) is 0 Å². The monoisotopic (exact) mass is 442 g/mol. The van der Waals surface area contributed by atoms with Gasteiger partial charge < -0.3 is 0 Å². The minimum atomic E-state index is -0.822. The molecule has 2 spiro atoms. The number of carbonyl (C=O) groups excluding carboxylic acids is 1. The van der Waals surface area contributed by atoms with Crippen molar-refractivity contribution in [3.05, 3.63) is 0 Å². The number of ketones is 1. The van der Waals surface area contributed by atoms with E-state index in [0.29, 0.717) is 5.78 Å². The Balaban J connectivity index is 1.49. The van der Waals surface area contributed by atoms with Gasteiger partial charge >= 0.3 is 0 Å². The minimum Gasteiger partial charge on any atom is -0.298 e. The van der Waals surface area contributed by atoms with Crippen LogP contribution in [0.3, 0.4) is 0 Å². The number of rotatable bonds is 10. The zero-order chi connectivity index (χ0) is 21.0. The highest BCUT2D eigenvalue weighted by atomic mass is 35.5. The van der Waals surface area contributed by atoms with Crippen LogP contribution in [0.2, 0.25) is 0 Å². The van der Waals surface area contributed by atoms with Crippen LogP contribution in [0.25, 0.3) is 0 Å². The zero-order valence-electron chi connectivity index (χ0n) is 19.0. The average Bonchev–Trinajstić information content (AvgIpc) is 2.74. The van der Waals surface area contributed by atoms with Gasteiger partial charge in [-0.15, -0.1) is 0 Å². The first-order valence-corrected chi connectivity index (χ1v) is 13.6. The number of carbonyl (C=O) groups is 1. The minimum absolute atomic E-state index is 0.426. The van der Waals surface area contributed by atoms with Crippen LogP contribution in [0.15, 0.2) is 0 Å². The first-order chi connectivity index (χ1) is 13.9. The smallest absolute Gasteiger partial charge is 0.151 e. The number of halogens is 2. The summed E-state index contributed by atoms with van der Waals surface area (Å²) in [4.78, 5) is 13.6. The Morgan fingerprint density at radius 1 is 0.690 bits per heavy atom. The quantitative estimate of drug-likeness (QED) is 0.243. The maximum Gasteiger partial charge on any atom is 0.151 e. The summed E-state index contributed by atoms with van der Waals surface area (Å²) < 4.78 is -0.822. The van der Waals surface area contributed by atoms with Crippen LogP contribution in [0.5, 0.6) is 0 Å². The van der Waals surface area contributed by atoms with Gasteiger partial charge in [-0.25, -0.2) is 0 Å². The zero-order valence-corrected chi connectivity index (χ0v) is 20.6. The molecule has 29 heavy (non-hydrogen) atoms. The number of alkyl halides is 2. The second kappa shape index (κ2) is 10.2. The van der Waals surface area contributed by atoms with E-state index < -0.39 is 15.2 Å². The van der Waals surface area contributed by atoms with Gasteiger partial charge in [-0.05, 0) is 63.2 Å². The highest BCUT2D eigenvalue weighted by Crippen LogP contribution is 2.74. The van der Waals surface area contributed by atoms with Crippen molar-refractivity contribution in [2.45, 2.75) is 134 Å². The molecule has 1 nitrogen and oxygen atoms in total. The Morgan fingerprint density at radius 2 is 1.07 bits per heavy atom. The van der Waals surface area contributed by atoms with E-state index in [1.54, 1.807) is 0 Å². The molecule has 0 heterocycles. The molecule has 3 rings (SSSR count). The molecule has 3 heteroatoms. The van der Waals surface area contributed by atoms with E-state index in [2.05, 4.69) is 13.8 Å². The lowest BCUT2D eigenvalue weighted by molar-refractivity contribution is -0.172. The standard InChI is InChI=1S/C26H44Cl2O/c1-3-5-7-8-10-12-22-15-19-25(20-16-22)23(29)24(26(25,27)28)17-13-21(14-18-24)11-9-6-4-2/h21-22H,3-20H2,1-2H3. The van der Waals surface area contributed by atoms with Gasteiger partial charge in [-0.1, -0.05) is 101 Å². The van der Waals surface area contributed by atoms with Gasteiger partial charge in [0.1, 0.15) is 4.33 Å². The maximum absolute atomic E-state index is 13.6. The molecule has 3 saturated carbocycles. The lowest BCUT2D eigenvalue weighted by Gasteiger charge is -2.67. The highest BCUT2D eigenvalue weighted by Gasteiger charge is 2.78. The maximum atomic E-state index is 13.6. The highest BCUT2D eigenvalue weighted by molar-refractivity contribution is 6.55. The number of Topliss-reactive ketones (excluding diaryl/α,β-unsaturated/α-hetero) is 1. The molecule has 3 fully saturated rings. The lowest BCUT2D eigenvalue weighted by atomic mass is 9.42. The second-order valence-corrected chi connectivity index (χ2v) is 12.0. The van der Waals surface area contributed by atoms with Gasteiger partial charge in [-0.2, -0.15) is 0 Å². The summed E-state index contributed by atoms with van der Waals surface area (Å²) in [5.41, 5.74) is -0.853. The first kappa shape index (κ1) is 23.9. The van der Waals surface area contributed by atoms with Crippen molar-refractivity contribution in [3.63, 3.8) is 0 Å². The fourth-order valence-corrected chi connectivity index (χ4v) is 7.96. The number of hydrogen-bond donors (Lipinski definition) is 0. The molecule has 0 bridgehead atoms. The third-order valence-electron chi connectivity index (χ3n) is 8.92. The van der Waals surface area contributed by atoms with E-state index in [4.69, 9.17) is 23.2 Å². The summed E-state index contributed by atoms with van der Waals surface area (Å²) >= 11 is 14.2. The van der Waals surface area contributed by atoms with Gasteiger partial charge in [0, 0.05) is 0 Å². The van der Waals surface area contributed by atoms with Crippen molar-refractivity contribution < 1.29 is 4.79 Å². The second-order valence-electron chi connectivity index (χ2n) is 10.7. The number of unbranched alkanes of at least 4 members (excludes halogenated alkanes) is 6. The van der Waals surface area contributed by atoms with Crippen LogP contribution in [0.4, 0.5) is 0 Å². The van der Waals surface area contributed by atoms with Crippen molar-refractivity contribution in [2.24, 2.45) is 22.7 Å². The molecule has 3 aliphatic rings. The van der Waals surface area contributed by atoms with Crippen molar-refractivity contribution in [1.82, 2.24) is 0 Å². The molecule has 0 saturated heterocycles. The van der Waals surface area contributed by atoms with E-state index in [0.717, 1.165) is 63.2 Å². The summed E-state index contributed by atoms with van der Waals surface area (Å²) in [6.45, 7) is 4.53. The summed E-state index contributed by atoms with van der Waals surface area (Å²) in [6, 6.07) is 0. The van der Waals surface area contributed by atoms with Crippen molar-refractivity contribution in [3.8, 4) is 0 Å². The van der Waals surface area contributed by atoms with Crippen LogP contribution >= 0.6 is 23.2 Å². The van der Waals surface area contributed by atoms with Crippen molar-refractivity contribution >= 4 is 29.0 Å². The van der Waals surface area contributed by atoms with Gasteiger partial charge in [0.25, 0.3) is 0 Å². The topological polar surface area (TPSA) is 17.1 Å². The van der Waals surface area contributed by atoms with Gasteiger partial charge in [0.05, 0.1) is 10.8 Å². The normalized spacial score (nSPS) is 36.5. The molecule has 0 amide bonds. The summed E-state index contributed by atoms with van der Waals surface area (Å²) in [6.07, 6.45) is 21.7. The SMILES string of the molecule is CCCCCCCC1CCC2(CC1)C(=O)C1(CCC(CCCCC)CC1)C2(Cl)Cl. The Bertz CT molecular complexity index is 525. The molecule has 0 radical (unpaired) electrons. The summed E-state index contributed by atoms with van der Waals surface area (Å²) in [5, 5.41) is 0. The molecule has 0 aliphatic heterocycles. The molecule has 0 aromatic carbocycles. The molecule has 0 atom stereocenters. The van der Waals surface area contributed by atoms with Gasteiger partial charge in [0.2, 0.25) is 0 Å². The fourth-order valence-electron chi connectivity index (χ4n) is 6.86. The molecule has 3 aliphatic carbocycles. The first-order valence-electron chi connectivity index (χ1n) is 12.9. The van der Waals surface area contributed by atoms with Crippen LogP contribution in [0.1, 0.15) is 129 Å². The Morgan fingerprint density at radius 3 is 1.48 bits per heavy atom. The Hall–Kier alpha value is 0.250. The van der Waals surface area contributed by atoms with Gasteiger partial charge in [0.15, 0.2) is 5.78 Å². The third-order valence-corrected chi connectivity index (χ3v) is 10.4. The molecule has 0 aromatic rings. The molecular weight excluding hydrogens is 399 g/mol. The predicted molar refractivity (Wildman–Crippen MR) is 126 cm³/mol. The number of hydrogen-bond acceptors (Lipinski definition) is 1. The Kier molecular flexibility index (Phi) is 8.44. The van der Waals surface area contributed by atoms with Crippen molar-refractivity contribution in [1.29, 1.82) is 0 Å². The fraction of sp³-hybridized carbons (Fsp3) is 0.962. The van der Waals surface area contributed by atoms with Crippen LogP contribution in [-0.4, -0.2) is 10.1 Å². The third kappa shape index (κ3) is 4.44. The van der Waals surface area contributed by atoms with E-state index in [1.165, 1.54) is 64.2 Å². The van der Waals surface area contributed by atoms with E-state index >= 15 is 0 Å². The molecular formula is C26H44Cl2O. The van der Waals surface area contributed by atoms with E-state index in [1.807, 2.05) is 0 Å². The van der Waals surface area contributed by atoms with Crippen LogP contribution in [-0.2, 0) is 4.79 Å². The van der Waals surface area contributed by atoms with E-state index in [-0.39, 0.29) is 0 Å². The molecule has 0 N–H and O–H groups in total. The molecule has 168 valence electrons. The largest absolute Gasteiger partial charge is 0.298 e. The summed E-state index contributed by atoms with van der Waals surface area (Å²) in [7, 11) is 0. The van der Waals surface area contributed by atoms with E-state index in [9.17, 15) is 4.79 Å².